The van der Waals surface area contributed by atoms with E-state index in [2.05, 4.69) is 5.16 Å². The van der Waals surface area contributed by atoms with Gasteiger partial charge in [0.05, 0.1) is 11.4 Å². The molecular formula is C17H22N2O3S. The molecular weight excluding hydrogens is 312 g/mol. The van der Waals surface area contributed by atoms with Crippen LogP contribution in [0.15, 0.2) is 34.9 Å². The summed E-state index contributed by atoms with van der Waals surface area (Å²) in [6.07, 6.45) is 0. The number of carbonyl (C=O) groups is 1. The van der Waals surface area contributed by atoms with E-state index in [4.69, 9.17) is 4.52 Å². The molecule has 5 nitrogen and oxygen atoms in total. The molecule has 0 fully saturated rings. The summed E-state index contributed by atoms with van der Waals surface area (Å²) in [4.78, 5) is 14.1. The van der Waals surface area contributed by atoms with Crippen LogP contribution in [0.3, 0.4) is 0 Å². The molecule has 0 aliphatic heterocycles. The SMILES string of the molecule is Cc1noc(C)c1C[S@@](=O)[C@@H](C)C(=O)N(C)Cc1ccccc1. The van der Waals surface area contributed by atoms with Gasteiger partial charge in [-0.25, -0.2) is 0 Å². The zero-order valence-electron chi connectivity index (χ0n) is 13.9. The molecule has 0 radical (unpaired) electrons. The maximum absolute atomic E-state index is 12.5. The van der Waals surface area contributed by atoms with Gasteiger partial charge < -0.3 is 9.42 Å². The van der Waals surface area contributed by atoms with Gasteiger partial charge in [-0.05, 0) is 26.3 Å². The third-order valence-electron chi connectivity index (χ3n) is 3.85. The Morgan fingerprint density at radius 3 is 2.52 bits per heavy atom. The Kier molecular flexibility index (Phi) is 5.71. The van der Waals surface area contributed by atoms with Crippen LogP contribution < -0.4 is 0 Å². The molecule has 124 valence electrons. The van der Waals surface area contributed by atoms with Crippen LogP contribution in [0.2, 0.25) is 0 Å². The molecule has 0 N–H and O–H groups in total. The van der Waals surface area contributed by atoms with Crippen molar-refractivity contribution in [3.8, 4) is 0 Å². The predicted molar refractivity (Wildman–Crippen MR) is 90.2 cm³/mol. The van der Waals surface area contributed by atoms with Crippen LogP contribution in [0, 0.1) is 13.8 Å². The lowest BCUT2D eigenvalue weighted by Gasteiger charge is -2.21. The average molecular weight is 334 g/mol. The van der Waals surface area contributed by atoms with Crippen LogP contribution in [0.4, 0.5) is 0 Å². The van der Waals surface area contributed by atoms with Crippen LogP contribution in [-0.4, -0.2) is 32.5 Å². The first-order chi connectivity index (χ1) is 10.9. The Balaban J connectivity index is 1.99. The molecule has 0 spiro atoms. The summed E-state index contributed by atoms with van der Waals surface area (Å²) < 4.78 is 17.6. The number of hydrogen-bond acceptors (Lipinski definition) is 4. The van der Waals surface area contributed by atoms with Crippen molar-refractivity contribution >= 4 is 16.7 Å². The van der Waals surface area contributed by atoms with E-state index < -0.39 is 16.0 Å². The Labute approximate surface area is 139 Å². The van der Waals surface area contributed by atoms with Crippen LogP contribution in [0.25, 0.3) is 0 Å². The Bertz CT molecular complexity index is 678. The normalized spacial score (nSPS) is 13.6. The topological polar surface area (TPSA) is 63.4 Å². The summed E-state index contributed by atoms with van der Waals surface area (Å²) >= 11 is 0. The lowest BCUT2D eigenvalue weighted by molar-refractivity contribution is -0.129. The molecule has 1 aromatic carbocycles. The van der Waals surface area contributed by atoms with E-state index in [-0.39, 0.29) is 11.7 Å². The molecule has 0 aliphatic rings. The summed E-state index contributed by atoms with van der Waals surface area (Å²) in [7, 11) is 0.420. The van der Waals surface area contributed by atoms with E-state index in [1.807, 2.05) is 37.3 Å². The second-order valence-corrected chi connectivity index (χ2v) is 7.41. The molecule has 2 rings (SSSR count). The van der Waals surface area contributed by atoms with Gasteiger partial charge in [-0.1, -0.05) is 35.5 Å². The van der Waals surface area contributed by atoms with Crippen molar-refractivity contribution in [2.75, 3.05) is 7.05 Å². The summed E-state index contributed by atoms with van der Waals surface area (Å²) in [6, 6.07) is 9.75. The summed E-state index contributed by atoms with van der Waals surface area (Å²) in [5.74, 6) is 0.819. The molecule has 0 saturated heterocycles. The Hall–Kier alpha value is -1.95. The first-order valence-corrected chi connectivity index (χ1v) is 8.86. The molecule has 0 aliphatic carbocycles. The number of aryl methyl sites for hydroxylation is 2. The second-order valence-electron chi connectivity index (χ2n) is 5.65. The van der Waals surface area contributed by atoms with Crippen molar-refractivity contribution in [2.24, 2.45) is 0 Å². The molecule has 1 heterocycles. The molecule has 0 bridgehead atoms. The molecule has 1 amide bonds. The largest absolute Gasteiger partial charge is 0.361 e. The van der Waals surface area contributed by atoms with Gasteiger partial charge in [0.15, 0.2) is 0 Å². The number of rotatable bonds is 6. The minimum Gasteiger partial charge on any atom is -0.361 e. The van der Waals surface area contributed by atoms with Crippen molar-refractivity contribution in [3.05, 3.63) is 52.9 Å². The predicted octanol–water partition coefficient (Wildman–Crippen LogP) is 2.59. The Morgan fingerprint density at radius 2 is 1.96 bits per heavy atom. The van der Waals surface area contributed by atoms with Gasteiger partial charge in [-0.15, -0.1) is 0 Å². The van der Waals surface area contributed by atoms with Gasteiger partial charge in [0.2, 0.25) is 5.91 Å². The van der Waals surface area contributed by atoms with E-state index in [1.54, 1.807) is 25.8 Å². The molecule has 2 aromatic rings. The number of benzene rings is 1. The van der Waals surface area contributed by atoms with Gasteiger partial charge in [0.1, 0.15) is 11.0 Å². The highest BCUT2D eigenvalue weighted by Crippen LogP contribution is 2.17. The third kappa shape index (κ3) is 4.28. The standard InChI is InChI=1S/C17H22N2O3S/c1-12-16(13(2)22-18-12)11-23(21)14(3)17(20)19(4)10-15-8-6-5-7-9-15/h5-9,14H,10-11H2,1-4H3/t14-,23+/m0/s1. The highest BCUT2D eigenvalue weighted by molar-refractivity contribution is 7.85. The van der Waals surface area contributed by atoms with Crippen molar-refractivity contribution < 1.29 is 13.5 Å². The third-order valence-corrected chi connectivity index (χ3v) is 5.41. The molecule has 2 atom stereocenters. The van der Waals surface area contributed by atoms with E-state index >= 15 is 0 Å². The monoisotopic (exact) mass is 334 g/mol. The number of hydrogen-bond donors (Lipinski definition) is 0. The fourth-order valence-corrected chi connectivity index (χ4v) is 3.68. The summed E-state index contributed by atoms with van der Waals surface area (Å²) in [6.45, 7) is 5.82. The molecule has 0 saturated carbocycles. The minimum atomic E-state index is -1.31. The zero-order chi connectivity index (χ0) is 17.0. The summed E-state index contributed by atoms with van der Waals surface area (Å²) in [5.41, 5.74) is 2.61. The number of aromatic nitrogens is 1. The maximum atomic E-state index is 12.5. The highest BCUT2D eigenvalue weighted by Gasteiger charge is 2.25. The van der Waals surface area contributed by atoms with E-state index in [0.29, 0.717) is 12.3 Å². The van der Waals surface area contributed by atoms with Crippen LogP contribution in [0.1, 0.15) is 29.5 Å². The van der Waals surface area contributed by atoms with Crippen LogP contribution >= 0.6 is 0 Å². The van der Waals surface area contributed by atoms with Crippen LogP contribution in [0.5, 0.6) is 0 Å². The van der Waals surface area contributed by atoms with Crippen molar-refractivity contribution in [1.29, 1.82) is 0 Å². The zero-order valence-corrected chi connectivity index (χ0v) is 14.7. The second kappa shape index (κ2) is 7.55. The van der Waals surface area contributed by atoms with Gasteiger partial charge in [-0.3, -0.25) is 9.00 Å². The highest BCUT2D eigenvalue weighted by atomic mass is 32.2. The van der Waals surface area contributed by atoms with Crippen LogP contribution in [-0.2, 0) is 27.9 Å². The molecule has 1 aromatic heterocycles. The van der Waals surface area contributed by atoms with Crippen molar-refractivity contribution in [1.82, 2.24) is 10.1 Å². The summed E-state index contributed by atoms with van der Waals surface area (Å²) in [5, 5.41) is 3.29. The average Bonchev–Trinajstić information content (AvgIpc) is 2.86. The van der Waals surface area contributed by atoms with E-state index in [9.17, 15) is 9.00 Å². The smallest absolute Gasteiger partial charge is 0.238 e. The molecule has 23 heavy (non-hydrogen) atoms. The van der Waals surface area contributed by atoms with Gasteiger partial charge in [0, 0.05) is 30.0 Å². The van der Waals surface area contributed by atoms with Crippen molar-refractivity contribution in [2.45, 2.75) is 38.3 Å². The first kappa shape index (κ1) is 17.4. The first-order valence-electron chi connectivity index (χ1n) is 7.48. The van der Waals surface area contributed by atoms with E-state index in [1.165, 1.54) is 0 Å². The Morgan fingerprint density at radius 1 is 1.30 bits per heavy atom. The fraction of sp³-hybridized carbons (Fsp3) is 0.412. The minimum absolute atomic E-state index is 0.126. The van der Waals surface area contributed by atoms with E-state index in [0.717, 1.165) is 16.8 Å². The lowest BCUT2D eigenvalue weighted by atomic mass is 10.2. The quantitative estimate of drug-likeness (QED) is 0.814. The molecule has 0 unspecified atom stereocenters. The maximum Gasteiger partial charge on any atom is 0.238 e. The van der Waals surface area contributed by atoms with Crippen molar-refractivity contribution in [3.63, 3.8) is 0 Å². The van der Waals surface area contributed by atoms with Gasteiger partial charge >= 0.3 is 0 Å². The number of amides is 1. The molecule has 6 heteroatoms. The number of nitrogens with zero attached hydrogens (tertiary/aromatic N) is 2. The van der Waals surface area contributed by atoms with Gasteiger partial charge in [0.25, 0.3) is 0 Å². The number of carbonyl (C=O) groups excluding carboxylic acids is 1. The fourth-order valence-electron chi connectivity index (χ4n) is 2.33. The lowest BCUT2D eigenvalue weighted by Crippen LogP contribution is -2.37. The van der Waals surface area contributed by atoms with Gasteiger partial charge in [-0.2, -0.15) is 0 Å².